The molecule has 1 aromatic carbocycles. The van der Waals surface area contributed by atoms with E-state index in [2.05, 4.69) is 5.32 Å². The van der Waals surface area contributed by atoms with E-state index in [4.69, 9.17) is 0 Å². The number of nitrogens with one attached hydrogen (secondary N) is 1. The molecule has 0 bridgehead atoms. The fourth-order valence-corrected chi connectivity index (χ4v) is 3.53. The smallest absolute Gasteiger partial charge is 0.243 e. The second-order valence-electron chi connectivity index (χ2n) is 5.73. The lowest BCUT2D eigenvalue weighted by molar-refractivity contribution is -0.114. The maximum atomic E-state index is 12.6. The molecule has 0 aliphatic rings. The van der Waals surface area contributed by atoms with Crippen LogP contribution < -0.4 is 5.32 Å². The second-order valence-corrected chi connectivity index (χ2v) is 7.75. The Morgan fingerprint density at radius 2 is 1.95 bits per heavy atom. The van der Waals surface area contributed by atoms with E-state index >= 15 is 0 Å². The molecule has 0 aliphatic carbocycles. The quantitative estimate of drug-likeness (QED) is 0.859. The topological polar surface area (TPSA) is 86.7 Å². The van der Waals surface area contributed by atoms with Gasteiger partial charge in [-0.15, -0.1) is 0 Å². The van der Waals surface area contributed by atoms with Crippen LogP contribution in [0.5, 0.6) is 0 Å². The van der Waals surface area contributed by atoms with E-state index in [0.29, 0.717) is 11.3 Å². The first-order valence-electron chi connectivity index (χ1n) is 6.50. The summed E-state index contributed by atoms with van der Waals surface area (Å²) in [5, 5.41) is 12.3. The molecule has 0 atom stereocenters. The highest BCUT2D eigenvalue weighted by atomic mass is 32.2. The zero-order chi connectivity index (χ0) is 16.4. The maximum absolute atomic E-state index is 12.6. The molecule has 6 nitrogen and oxygen atoms in total. The third kappa shape index (κ3) is 4.80. The van der Waals surface area contributed by atoms with Gasteiger partial charge < -0.3 is 10.4 Å². The molecule has 0 saturated carbocycles. The normalized spacial score (nSPS) is 12.5. The Balaban J connectivity index is 3.21. The number of anilines is 1. The lowest BCUT2D eigenvalue weighted by atomic mass is 10.1. The number of aryl methyl sites for hydroxylation is 1. The number of aliphatic hydroxyl groups is 1. The molecule has 0 radical (unpaired) electrons. The van der Waals surface area contributed by atoms with E-state index in [-0.39, 0.29) is 17.3 Å². The molecule has 118 valence electrons. The predicted octanol–water partition coefficient (Wildman–Crippen LogP) is 1.34. The van der Waals surface area contributed by atoms with Crippen molar-refractivity contribution in [2.75, 3.05) is 18.9 Å². The van der Waals surface area contributed by atoms with Crippen LogP contribution in [0, 0.1) is 6.92 Å². The monoisotopic (exact) mass is 314 g/mol. The van der Waals surface area contributed by atoms with E-state index in [9.17, 15) is 18.3 Å². The first-order chi connectivity index (χ1) is 9.43. The fourth-order valence-electron chi connectivity index (χ4n) is 1.96. The molecular weight excluding hydrogens is 292 g/mol. The number of likely N-dealkylation sites (N-methyl/N-ethyl adjacent to an activating group) is 1. The molecule has 7 heteroatoms. The van der Waals surface area contributed by atoms with Gasteiger partial charge in [-0.25, -0.2) is 8.42 Å². The van der Waals surface area contributed by atoms with Gasteiger partial charge in [0.1, 0.15) is 0 Å². The highest BCUT2D eigenvalue weighted by molar-refractivity contribution is 7.89. The van der Waals surface area contributed by atoms with Crippen molar-refractivity contribution >= 4 is 21.6 Å². The first kappa shape index (κ1) is 17.6. The van der Waals surface area contributed by atoms with Crippen LogP contribution in [-0.4, -0.2) is 42.9 Å². The lowest BCUT2D eigenvalue weighted by Gasteiger charge is -2.25. The van der Waals surface area contributed by atoms with Crippen molar-refractivity contribution in [3.8, 4) is 0 Å². The zero-order valence-electron chi connectivity index (χ0n) is 13.0. The van der Waals surface area contributed by atoms with Gasteiger partial charge in [-0.3, -0.25) is 4.79 Å². The van der Waals surface area contributed by atoms with Crippen molar-refractivity contribution in [1.29, 1.82) is 0 Å². The molecule has 21 heavy (non-hydrogen) atoms. The Morgan fingerprint density at radius 3 is 2.43 bits per heavy atom. The highest BCUT2D eigenvalue weighted by Crippen LogP contribution is 2.24. The minimum absolute atomic E-state index is 0.0286. The Morgan fingerprint density at radius 1 is 1.38 bits per heavy atom. The molecule has 0 spiro atoms. The second kappa shape index (κ2) is 6.13. The summed E-state index contributed by atoms with van der Waals surface area (Å²) in [6.07, 6.45) is 0. The van der Waals surface area contributed by atoms with Crippen LogP contribution in [0.2, 0.25) is 0 Å². The van der Waals surface area contributed by atoms with Gasteiger partial charge in [-0.2, -0.15) is 4.31 Å². The van der Waals surface area contributed by atoms with Crippen LogP contribution in [-0.2, 0) is 14.8 Å². The van der Waals surface area contributed by atoms with Gasteiger partial charge >= 0.3 is 0 Å². The van der Waals surface area contributed by atoms with Crippen molar-refractivity contribution in [2.24, 2.45) is 0 Å². The minimum atomic E-state index is -3.74. The van der Waals surface area contributed by atoms with Gasteiger partial charge in [0.15, 0.2) is 0 Å². The SMILES string of the molecule is CC(=O)Nc1ccc(C)c(S(=O)(=O)N(C)CC(C)(C)O)c1. The lowest BCUT2D eigenvalue weighted by Crippen LogP contribution is -2.39. The van der Waals surface area contributed by atoms with Crippen LogP contribution in [0.3, 0.4) is 0 Å². The number of hydrogen-bond donors (Lipinski definition) is 2. The molecule has 0 saturated heterocycles. The van der Waals surface area contributed by atoms with Crippen molar-refractivity contribution in [2.45, 2.75) is 38.2 Å². The number of nitrogens with zero attached hydrogens (tertiary/aromatic N) is 1. The standard InChI is InChI=1S/C14H22N2O4S/c1-10-6-7-12(15-11(2)17)8-13(10)21(19,20)16(5)9-14(3,4)18/h6-8,18H,9H2,1-5H3,(H,15,17). The Labute approximate surface area is 125 Å². The average Bonchev–Trinajstić information content (AvgIpc) is 2.28. The third-order valence-corrected chi connectivity index (χ3v) is 4.75. The number of carbonyl (C=O) groups is 1. The molecule has 0 unspecified atom stereocenters. The van der Waals surface area contributed by atoms with E-state index in [1.807, 2.05) is 0 Å². The number of hydrogen-bond acceptors (Lipinski definition) is 4. The van der Waals surface area contributed by atoms with Gasteiger partial charge in [0, 0.05) is 26.2 Å². The predicted molar refractivity (Wildman–Crippen MR) is 81.6 cm³/mol. The van der Waals surface area contributed by atoms with Crippen LogP contribution >= 0.6 is 0 Å². The van der Waals surface area contributed by atoms with Crippen molar-refractivity contribution < 1.29 is 18.3 Å². The van der Waals surface area contributed by atoms with E-state index < -0.39 is 15.6 Å². The molecule has 0 fully saturated rings. The van der Waals surface area contributed by atoms with Crippen LogP contribution in [0.25, 0.3) is 0 Å². The van der Waals surface area contributed by atoms with Crippen LogP contribution in [0.4, 0.5) is 5.69 Å². The zero-order valence-corrected chi connectivity index (χ0v) is 13.8. The van der Waals surface area contributed by atoms with Gasteiger partial charge in [-0.05, 0) is 38.5 Å². The Kier molecular flexibility index (Phi) is 5.14. The van der Waals surface area contributed by atoms with Crippen molar-refractivity contribution in [3.63, 3.8) is 0 Å². The summed E-state index contributed by atoms with van der Waals surface area (Å²) < 4.78 is 26.2. The first-order valence-corrected chi connectivity index (χ1v) is 7.94. The summed E-state index contributed by atoms with van der Waals surface area (Å²) in [4.78, 5) is 11.2. The van der Waals surface area contributed by atoms with E-state index in [1.165, 1.54) is 20.0 Å². The summed E-state index contributed by atoms with van der Waals surface area (Å²) in [5.74, 6) is -0.271. The fraction of sp³-hybridized carbons (Fsp3) is 0.500. The molecule has 1 rings (SSSR count). The Hall–Kier alpha value is -1.44. The number of benzene rings is 1. The molecule has 0 heterocycles. The number of carbonyl (C=O) groups excluding carboxylic acids is 1. The summed E-state index contributed by atoms with van der Waals surface area (Å²) in [5.41, 5.74) is -0.139. The minimum Gasteiger partial charge on any atom is -0.389 e. The Bertz CT molecular complexity index is 633. The maximum Gasteiger partial charge on any atom is 0.243 e. The molecule has 1 aromatic rings. The average molecular weight is 314 g/mol. The summed E-state index contributed by atoms with van der Waals surface area (Å²) >= 11 is 0. The summed E-state index contributed by atoms with van der Waals surface area (Å²) in [6.45, 7) is 6.09. The molecule has 1 amide bonds. The van der Waals surface area contributed by atoms with Gasteiger partial charge in [-0.1, -0.05) is 6.07 Å². The number of sulfonamides is 1. The molecule has 2 N–H and O–H groups in total. The largest absolute Gasteiger partial charge is 0.389 e. The molecular formula is C14H22N2O4S. The van der Waals surface area contributed by atoms with E-state index in [0.717, 1.165) is 4.31 Å². The van der Waals surface area contributed by atoms with Crippen LogP contribution in [0.15, 0.2) is 23.1 Å². The number of rotatable bonds is 5. The van der Waals surface area contributed by atoms with Crippen LogP contribution in [0.1, 0.15) is 26.3 Å². The highest BCUT2D eigenvalue weighted by Gasteiger charge is 2.27. The summed E-state index contributed by atoms with van der Waals surface area (Å²) in [6, 6.07) is 4.70. The number of amides is 1. The van der Waals surface area contributed by atoms with E-state index in [1.54, 1.807) is 32.9 Å². The summed E-state index contributed by atoms with van der Waals surface area (Å²) in [7, 11) is -2.32. The van der Waals surface area contributed by atoms with Crippen molar-refractivity contribution in [3.05, 3.63) is 23.8 Å². The van der Waals surface area contributed by atoms with Gasteiger partial charge in [0.2, 0.25) is 15.9 Å². The third-order valence-electron chi connectivity index (χ3n) is 2.81. The van der Waals surface area contributed by atoms with Gasteiger partial charge in [0.05, 0.1) is 10.5 Å². The molecule has 0 aromatic heterocycles. The van der Waals surface area contributed by atoms with Gasteiger partial charge in [0.25, 0.3) is 0 Å². The van der Waals surface area contributed by atoms with Crippen molar-refractivity contribution in [1.82, 2.24) is 4.31 Å². The molecule has 0 aliphatic heterocycles.